The molecule has 0 amide bonds. The molecule has 1 aromatic rings. The van der Waals surface area contributed by atoms with Crippen molar-refractivity contribution in [2.45, 2.75) is 13.5 Å². The first-order valence-electron chi connectivity index (χ1n) is 4.08. The molecule has 1 N–H and O–H groups in total. The lowest BCUT2D eigenvalue weighted by molar-refractivity contribution is 0.316. The van der Waals surface area contributed by atoms with E-state index in [9.17, 15) is 4.79 Å². The molecule has 0 spiro atoms. The fraction of sp³-hybridized carbons (Fsp3) is 0.286. The van der Waals surface area contributed by atoms with Crippen molar-refractivity contribution < 1.29 is 5.21 Å². The van der Waals surface area contributed by atoms with Gasteiger partial charge < -0.3 is 5.21 Å². The summed E-state index contributed by atoms with van der Waals surface area (Å²) >= 11 is 3.00. The highest BCUT2D eigenvalue weighted by molar-refractivity contribution is 9.10. The third kappa shape index (κ3) is 2.59. The zero-order valence-electron chi connectivity index (χ0n) is 8.20. The molecule has 0 aliphatic carbocycles. The predicted molar refractivity (Wildman–Crippen MR) is 59.9 cm³/mol. The van der Waals surface area contributed by atoms with Crippen molar-refractivity contribution >= 4 is 27.3 Å². The lowest BCUT2D eigenvalue weighted by Gasteiger charge is -2.04. The van der Waals surface area contributed by atoms with Gasteiger partial charge in [-0.2, -0.15) is 5.10 Å². The Morgan fingerprint density at radius 1 is 1.81 bits per heavy atom. The molecular formula is C7H7BrN6O2. The summed E-state index contributed by atoms with van der Waals surface area (Å²) < 4.78 is 1.20. The van der Waals surface area contributed by atoms with E-state index < -0.39 is 5.56 Å². The molecule has 0 aromatic carbocycles. The van der Waals surface area contributed by atoms with Crippen molar-refractivity contribution in [1.82, 2.24) is 9.78 Å². The second-order valence-corrected chi connectivity index (χ2v) is 3.62. The number of rotatable bonds is 3. The van der Waals surface area contributed by atoms with Gasteiger partial charge in [-0.1, -0.05) is 10.3 Å². The molecular weight excluding hydrogens is 280 g/mol. The molecule has 0 bridgehead atoms. The minimum atomic E-state index is -0.465. The van der Waals surface area contributed by atoms with Crippen molar-refractivity contribution in [2.75, 3.05) is 0 Å². The number of oxime groups is 1. The van der Waals surface area contributed by atoms with E-state index >= 15 is 0 Å². The molecule has 0 aliphatic rings. The summed E-state index contributed by atoms with van der Waals surface area (Å²) in [5, 5.41) is 18.4. The van der Waals surface area contributed by atoms with Gasteiger partial charge in [0.15, 0.2) is 0 Å². The molecule has 0 unspecified atom stereocenters. The van der Waals surface area contributed by atoms with Crippen LogP contribution in [0.25, 0.3) is 10.4 Å². The molecule has 9 heteroatoms. The summed E-state index contributed by atoms with van der Waals surface area (Å²) in [4.78, 5) is 14.2. The van der Waals surface area contributed by atoms with Crippen LogP contribution in [-0.4, -0.2) is 20.7 Å². The van der Waals surface area contributed by atoms with Gasteiger partial charge in [0.1, 0.15) is 0 Å². The molecule has 1 rings (SSSR count). The Bertz CT molecular complexity index is 530. The fourth-order valence-corrected chi connectivity index (χ4v) is 1.32. The average molecular weight is 287 g/mol. The van der Waals surface area contributed by atoms with E-state index in [0.29, 0.717) is 5.71 Å². The van der Waals surface area contributed by atoms with E-state index in [2.05, 4.69) is 36.2 Å². The number of azide groups is 1. The Morgan fingerprint density at radius 3 is 3.06 bits per heavy atom. The van der Waals surface area contributed by atoms with Crippen LogP contribution < -0.4 is 5.56 Å². The molecule has 8 nitrogen and oxygen atoms in total. The first-order chi connectivity index (χ1) is 7.60. The van der Waals surface area contributed by atoms with Gasteiger partial charge in [0, 0.05) is 4.91 Å². The van der Waals surface area contributed by atoms with Crippen molar-refractivity contribution in [3.63, 3.8) is 0 Å². The molecule has 0 aliphatic heterocycles. The molecule has 0 fully saturated rings. The van der Waals surface area contributed by atoms with Gasteiger partial charge in [-0.05, 0) is 28.4 Å². The summed E-state index contributed by atoms with van der Waals surface area (Å²) in [5.41, 5.74) is 8.22. The van der Waals surface area contributed by atoms with Crippen LogP contribution in [0.1, 0.15) is 6.92 Å². The highest BCUT2D eigenvalue weighted by atomic mass is 79.9. The van der Waals surface area contributed by atoms with Gasteiger partial charge in [-0.3, -0.25) is 4.79 Å². The molecule has 0 saturated heterocycles. The molecule has 16 heavy (non-hydrogen) atoms. The Labute approximate surface area is 98.0 Å². The second kappa shape index (κ2) is 5.29. The van der Waals surface area contributed by atoms with Crippen LogP contribution in [0.5, 0.6) is 0 Å². The lowest BCUT2D eigenvalue weighted by atomic mass is 10.4. The molecule has 1 heterocycles. The average Bonchev–Trinajstić information content (AvgIpc) is 2.28. The highest BCUT2D eigenvalue weighted by Gasteiger charge is 2.08. The quantitative estimate of drug-likeness (QED) is 0.228. The van der Waals surface area contributed by atoms with Crippen LogP contribution in [0.4, 0.5) is 5.69 Å². The predicted octanol–water partition coefficient (Wildman–Crippen LogP) is 1.80. The standard InChI is InChI=1S/C7H7BrN6O2/c1-4(12-16)3-14-7(15)6(8)5(2-10-14)11-13-9/h2,16H,3H2,1H3/b12-4+. The zero-order valence-corrected chi connectivity index (χ0v) is 9.79. The van der Waals surface area contributed by atoms with Gasteiger partial charge in [-0.15, -0.1) is 0 Å². The third-order valence-electron chi connectivity index (χ3n) is 1.67. The minimum Gasteiger partial charge on any atom is -0.411 e. The van der Waals surface area contributed by atoms with Crippen LogP contribution in [0, 0.1) is 0 Å². The van der Waals surface area contributed by atoms with Crippen LogP contribution in [-0.2, 0) is 6.54 Å². The molecule has 84 valence electrons. The Hall–Kier alpha value is -1.86. The Balaban J connectivity index is 3.22. The van der Waals surface area contributed by atoms with E-state index in [4.69, 9.17) is 10.7 Å². The van der Waals surface area contributed by atoms with E-state index in [1.165, 1.54) is 6.20 Å². The normalized spacial score (nSPS) is 11.0. The number of nitrogens with zero attached hydrogens (tertiary/aromatic N) is 6. The maximum atomic E-state index is 11.6. The van der Waals surface area contributed by atoms with Crippen molar-refractivity contribution in [3.8, 4) is 0 Å². The van der Waals surface area contributed by atoms with Gasteiger partial charge in [0.25, 0.3) is 5.56 Å². The van der Waals surface area contributed by atoms with Crippen LogP contribution in [0.3, 0.4) is 0 Å². The molecule has 0 saturated carbocycles. The summed E-state index contributed by atoms with van der Waals surface area (Å²) in [6.45, 7) is 1.61. The van der Waals surface area contributed by atoms with E-state index in [1.54, 1.807) is 6.92 Å². The maximum absolute atomic E-state index is 11.6. The monoisotopic (exact) mass is 286 g/mol. The first-order valence-corrected chi connectivity index (χ1v) is 4.87. The fourth-order valence-electron chi connectivity index (χ4n) is 0.935. The highest BCUT2D eigenvalue weighted by Crippen LogP contribution is 2.19. The first kappa shape index (κ1) is 12.2. The second-order valence-electron chi connectivity index (χ2n) is 2.83. The van der Waals surface area contributed by atoms with Crippen molar-refractivity contribution in [3.05, 3.63) is 31.5 Å². The SMILES string of the molecule is C/C(Cn1ncc(N=[N+]=[N-])c(Br)c1=O)=N\O. The lowest BCUT2D eigenvalue weighted by Crippen LogP contribution is -2.26. The topological polar surface area (TPSA) is 116 Å². The Kier molecular flexibility index (Phi) is 4.03. The zero-order chi connectivity index (χ0) is 12.1. The van der Waals surface area contributed by atoms with Gasteiger partial charge >= 0.3 is 0 Å². The maximum Gasteiger partial charge on any atom is 0.281 e. The van der Waals surface area contributed by atoms with Crippen LogP contribution >= 0.6 is 15.9 Å². The van der Waals surface area contributed by atoms with E-state index in [0.717, 1.165) is 4.68 Å². The third-order valence-corrected chi connectivity index (χ3v) is 2.41. The molecule has 0 radical (unpaired) electrons. The van der Waals surface area contributed by atoms with Crippen LogP contribution in [0.15, 0.2) is 25.7 Å². The van der Waals surface area contributed by atoms with Crippen LogP contribution in [0.2, 0.25) is 0 Å². The summed E-state index contributed by atoms with van der Waals surface area (Å²) in [6.07, 6.45) is 1.25. The largest absolute Gasteiger partial charge is 0.411 e. The van der Waals surface area contributed by atoms with Gasteiger partial charge in [-0.25, -0.2) is 4.68 Å². The summed E-state index contributed by atoms with van der Waals surface area (Å²) in [7, 11) is 0. The summed E-state index contributed by atoms with van der Waals surface area (Å²) in [6, 6.07) is 0. The Morgan fingerprint density at radius 2 is 2.50 bits per heavy atom. The van der Waals surface area contributed by atoms with Gasteiger partial charge in [0.2, 0.25) is 0 Å². The van der Waals surface area contributed by atoms with Gasteiger partial charge in [0.05, 0.1) is 28.6 Å². The van der Waals surface area contributed by atoms with Crippen molar-refractivity contribution in [1.29, 1.82) is 0 Å². The van der Waals surface area contributed by atoms with E-state index in [1.807, 2.05) is 0 Å². The van der Waals surface area contributed by atoms with E-state index in [-0.39, 0.29) is 16.7 Å². The number of hydrogen-bond acceptors (Lipinski definition) is 5. The molecule has 1 aromatic heterocycles. The minimum absolute atomic E-state index is 0.0600. The smallest absolute Gasteiger partial charge is 0.281 e. The van der Waals surface area contributed by atoms with Crippen molar-refractivity contribution in [2.24, 2.45) is 10.3 Å². The summed E-state index contributed by atoms with van der Waals surface area (Å²) in [5.74, 6) is 0. The number of hydrogen-bond donors (Lipinski definition) is 1. The number of halogens is 1. The molecule has 0 atom stereocenters. The number of aromatic nitrogens is 2.